The molecule has 0 unspecified atom stereocenters. The number of aryl methyl sites for hydroxylation is 1. The van der Waals surface area contributed by atoms with Gasteiger partial charge in [0.15, 0.2) is 20.4 Å². The molecule has 0 spiro atoms. The Morgan fingerprint density at radius 2 is 1.69 bits per heavy atom. The summed E-state index contributed by atoms with van der Waals surface area (Å²) in [6, 6.07) is 7.15. The van der Waals surface area contributed by atoms with E-state index in [1.807, 2.05) is 0 Å². The van der Waals surface area contributed by atoms with E-state index in [-0.39, 0.29) is 11.9 Å². The summed E-state index contributed by atoms with van der Waals surface area (Å²) in [7, 11) is -4.79. The number of ether oxygens (including phenoxy) is 1. The van der Waals surface area contributed by atoms with Crippen LogP contribution in [0.25, 0.3) is 22.5 Å². The van der Waals surface area contributed by atoms with Gasteiger partial charge >= 0.3 is 6.18 Å². The molecule has 0 bridgehead atoms. The Kier molecular flexibility index (Phi) is 6.32. The van der Waals surface area contributed by atoms with Gasteiger partial charge in [-0.1, -0.05) is 6.92 Å². The summed E-state index contributed by atoms with van der Waals surface area (Å²) < 4.78 is 71.5. The van der Waals surface area contributed by atoms with Crippen molar-refractivity contribution in [1.29, 1.82) is 0 Å². The van der Waals surface area contributed by atoms with Crippen molar-refractivity contribution in [3.8, 4) is 28.3 Å². The second kappa shape index (κ2) is 8.72. The number of hydrogen-bond donors (Lipinski definition) is 1. The van der Waals surface area contributed by atoms with Gasteiger partial charge in [0.25, 0.3) is 0 Å². The molecule has 1 saturated carbocycles. The minimum atomic E-state index is -4.96. The predicted molar refractivity (Wildman–Crippen MR) is 126 cm³/mol. The molecule has 1 aromatic carbocycles. The number of aromatic nitrogens is 2. The molecule has 1 fully saturated rings. The Balaban J connectivity index is 1.89. The van der Waals surface area contributed by atoms with Crippen molar-refractivity contribution < 1.29 is 31.5 Å². The summed E-state index contributed by atoms with van der Waals surface area (Å²) >= 11 is 0. The van der Waals surface area contributed by atoms with E-state index in [4.69, 9.17) is 4.74 Å². The predicted octanol–water partition coefficient (Wildman–Crippen LogP) is 6.27. The summed E-state index contributed by atoms with van der Waals surface area (Å²) in [5, 5.41) is 10.4. The topological polar surface area (TPSA) is 81.4 Å². The lowest BCUT2D eigenvalue weighted by atomic mass is 9.89. The Hall–Kier alpha value is -2.75. The van der Waals surface area contributed by atoms with Gasteiger partial charge in [-0.3, -0.25) is 0 Å². The number of nitrogens with zero attached hydrogens (tertiary/aromatic N) is 2. The van der Waals surface area contributed by atoms with Gasteiger partial charge in [-0.25, -0.2) is 13.4 Å². The largest absolute Gasteiger partial charge is 0.490 e. The molecule has 0 radical (unpaired) electrons. The zero-order valence-corrected chi connectivity index (χ0v) is 20.9. The minimum Gasteiger partial charge on any atom is -0.490 e. The maximum Gasteiger partial charge on any atom is 0.408 e. The first-order chi connectivity index (χ1) is 16.2. The Morgan fingerprint density at radius 1 is 1.03 bits per heavy atom. The zero-order chi connectivity index (χ0) is 25.8. The highest BCUT2D eigenvalue weighted by molar-refractivity contribution is 7.92. The lowest BCUT2D eigenvalue weighted by molar-refractivity contribution is -0.153. The lowest BCUT2D eigenvalue weighted by Gasteiger charge is -2.29. The van der Waals surface area contributed by atoms with E-state index in [2.05, 4.69) is 11.9 Å². The van der Waals surface area contributed by atoms with E-state index >= 15 is 0 Å². The zero-order valence-electron chi connectivity index (χ0n) is 20.1. The van der Waals surface area contributed by atoms with E-state index in [1.54, 1.807) is 19.1 Å². The molecule has 190 valence electrons. The summed E-state index contributed by atoms with van der Waals surface area (Å²) in [6.45, 7) is 5.15. The highest BCUT2D eigenvalue weighted by Gasteiger charge is 2.57. The fourth-order valence-corrected chi connectivity index (χ4v) is 5.82. The summed E-state index contributed by atoms with van der Waals surface area (Å²) in [6.07, 6.45) is 0.112. The van der Waals surface area contributed by atoms with Crippen LogP contribution in [-0.4, -0.2) is 40.4 Å². The van der Waals surface area contributed by atoms with Gasteiger partial charge < -0.3 is 9.94 Å². The van der Waals surface area contributed by atoms with Gasteiger partial charge in [0.05, 0.1) is 16.7 Å². The third-order valence-electron chi connectivity index (χ3n) is 7.02. The van der Waals surface area contributed by atoms with Crippen LogP contribution in [0.5, 0.6) is 5.75 Å². The summed E-state index contributed by atoms with van der Waals surface area (Å²) in [5.74, 6) is 1.23. The van der Waals surface area contributed by atoms with Crippen LogP contribution in [0.1, 0.15) is 52.1 Å². The molecule has 10 heteroatoms. The molecule has 35 heavy (non-hydrogen) atoms. The second-order valence-electron chi connectivity index (χ2n) is 9.86. The standard InChI is InChI=1S/C25H29F3N2O4S/c1-15-5-7-17(8-6-15)34-22-10-9-18(35(32,33)24(3,4)25(26,27)28)14-21(22)20-13-16(2)30(31)23-19(20)11-12-29-23/h9-15,17,31H,5-8H2,1-4H3. The van der Waals surface area contributed by atoms with E-state index in [0.717, 1.165) is 30.4 Å². The Labute approximate surface area is 203 Å². The van der Waals surface area contributed by atoms with Crippen LogP contribution >= 0.6 is 0 Å². The molecule has 6 nitrogen and oxygen atoms in total. The molecule has 1 aromatic rings. The molecule has 4 rings (SSSR count). The number of pyridine rings is 1. The van der Waals surface area contributed by atoms with Gasteiger partial charge in [0.2, 0.25) is 0 Å². The number of alkyl halides is 3. The molecule has 1 aliphatic carbocycles. The van der Waals surface area contributed by atoms with Crippen LogP contribution in [0.3, 0.4) is 0 Å². The first-order valence-electron chi connectivity index (χ1n) is 11.5. The van der Waals surface area contributed by atoms with E-state index in [9.17, 15) is 26.8 Å². The van der Waals surface area contributed by atoms with E-state index in [0.29, 0.717) is 47.9 Å². The lowest BCUT2D eigenvalue weighted by Crippen LogP contribution is -2.46. The van der Waals surface area contributed by atoms with Crippen molar-refractivity contribution in [2.45, 2.75) is 75.3 Å². The van der Waals surface area contributed by atoms with Crippen molar-refractivity contribution in [3.63, 3.8) is 0 Å². The van der Waals surface area contributed by atoms with Crippen LogP contribution in [0, 0.1) is 12.8 Å². The monoisotopic (exact) mass is 510 g/mol. The number of benzene rings is 1. The molecule has 3 aliphatic rings. The number of hydrogen-bond acceptors (Lipinski definition) is 5. The third kappa shape index (κ3) is 4.37. The Morgan fingerprint density at radius 3 is 2.31 bits per heavy atom. The maximum atomic E-state index is 13.7. The molecule has 1 N–H and O–H groups in total. The molecule has 2 heterocycles. The highest BCUT2D eigenvalue weighted by atomic mass is 32.2. The maximum absolute atomic E-state index is 13.7. The number of halogens is 3. The Bertz CT molecular complexity index is 1310. The first kappa shape index (κ1) is 25.3. The third-order valence-corrected chi connectivity index (χ3v) is 9.47. The molecular weight excluding hydrogens is 481 g/mol. The van der Waals surface area contributed by atoms with E-state index in [1.165, 1.54) is 24.4 Å². The highest BCUT2D eigenvalue weighted by Crippen LogP contribution is 2.44. The molecule has 0 amide bonds. The quantitative estimate of drug-likeness (QED) is 0.409. The average Bonchev–Trinajstić information content (AvgIpc) is 3.27. The molecule has 0 saturated heterocycles. The fourth-order valence-electron chi connectivity index (χ4n) is 4.41. The van der Waals surface area contributed by atoms with Crippen molar-refractivity contribution in [2.75, 3.05) is 0 Å². The van der Waals surface area contributed by atoms with E-state index < -0.39 is 25.7 Å². The van der Waals surface area contributed by atoms with Crippen LogP contribution in [0.15, 0.2) is 41.4 Å². The average molecular weight is 511 g/mol. The second-order valence-corrected chi connectivity index (χ2v) is 12.4. The van der Waals surface area contributed by atoms with Gasteiger partial charge in [0, 0.05) is 17.3 Å². The number of fused-ring (bicyclic) bond motifs is 1. The number of sulfone groups is 1. The molecule has 0 aromatic heterocycles. The minimum absolute atomic E-state index is 0.0834. The molecular formula is C25H29F3N2O4S. The van der Waals surface area contributed by atoms with Crippen molar-refractivity contribution in [3.05, 3.63) is 42.2 Å². The van der Waals surface area contributed by atoms with Crippen LogP contribution in [0.4, 0.5) is 13.2 Å². The van der Waals surface area contributed by atoms with Crippen molar-refractivity contribution in [1.82, 2.24) is 9.71 Å². The van der Waals surface area contributed by atoms with Gasteiger partial charge in [-0.2, -0.15) is 17.9 Å². The van der Waals surface area contributed by atoms with Crippen LogP contribution in [-0.2, 0) is 9.84 Å². The number of rotatable bonds is 5. The van der Waals surface area contributed by atoms with Gasteiger partial charge in [-0.05, 0) is 88.3 Å². The smallest absolute Gasteiger partial charge is 0.408 e. The first-order valence-corrected chi connectivity index (χ1v) is 13.0. The van der Waals surface area contributed by atoms with Crippen molar-refractivity contribution in [2.24, 2.45) is 5.92 Å². The molecule has 0 atom stereocenters. The van der Waals surface area contributed by atoms with Crippen molar-refractivity contribution >= 4 is 9.84 Å². The fraction of sp³-hybridized carbons (Fsp3) is 0.480. The van der Waals surface area contributed by atoms with Gasteiger partial charge in [-0.15, -0.1) is 0 Å². The molecule has 2 aliphatic heterocycles. The SMILES string of the molecule is Cc1cc(-c2cc(S(=O)(=O)C(C)(C)C(F)(F)F)ccc2OC2CCC(C)CC2)c2ccnc-2n1O. The van der Waals surface area contributed by atoms with Crippen LogP contribution in [0.2, 0.25) is 0 Å². The van der Waals surface area contributed by atoms with Gasteiger partial charge in [0.1, 0.15) is 5.75 Å². The summed E-state index contributed by atoms with van der Waals surface area (Å²) in [4.78, 5) is 3.71. The summed E-state index contributed by atoms with van der Waals surface area (Å²) in [5.41, 5.74) is 1.79. The normalized spacial score (nSPS) is 19.7. The van der Waals surface area contributed by atoms with Crippen LogP contribution < -0.4 is 4.74 Å².